The van der Waals surface area contributed by atoms with Crippen molar-refractivity contribution in [3.8, 4) is 0 Å². The Morgan fingerprint density at radius 1 is 1.42 bits per heavy atom. The second-order valence-electron chi connectivity index (χ2n) is 3.89. The van der Waals surface area contributed by atoms with Gasteiger partial charge in [0.1, 0.15) is 4.99 Å². The number of amides is 1. The predicted octanol–water partition coefficient (Wildman–Crippen LogP) is 2.95. The number of nitrogens with zero attached hydrogens (tertiary/aromatic N) is 1. The van der Waals surface area contributed by atoms with E-state index in [9.17, 15) is 4.79 Å². The van der Waals surface area contributed by atoms with Crippen molar-refractivity contribution in [3.63, 3.8) is 0 Å². The third-order valence-corrected chi connectivity index (χ3v) is 3.52. The summed E-state index contributed by atoms with van der Waals surface area (Å²) in [5.74, 6) is -0.180. The number of furan rings is 1. The summed E-state index contributed by atoms with van der Waals surface area (Å²) in [5, 5.41) is 0. The minimum atomic E-state index is -0.180. The lowest BCUT2D eigenvalue weighted by Crippen LogP contribution is -2.26. The maximum atomic E-state index is 12.3. The quantitative estimate of drug-likeness (QED) is 0.874. The van der Waals surface area contributed by atoms with E-state index < -0.39 is 0 Å². The molecule has 2 rings (SSSR count). The molecule has 1 aromatic heterocycles. The minimum absolute atomic E-state index is 0.180. The maximum Gasteiger partial charge on any atom is 0.262 e. The third-order valence-electron chi connectivity index (χ3n) is 2.67. The van der Waals surface area contributed by atoms with Gasteiger partial charge in [-0.15, -0.1) is 0 Å². The van der Waals surface area contributed by atoms with Crippen LogP contribution in [0.4, 0.5) is 5.69 Å². The smallest absolute Gasteiger partial charge is 0.262 e. The van der Waals surface area contributed by atoms with Crippen molar-refractivity contribution in [3.05, 3.63) is 52.4 Å². The lowest BCUT2D eigenvalue weighted by atomic mass is 10.2. The zero-order valence-corrected chi connectivity index (χ0v) is 12.5. The van der Waals surface area contributed by atoms with E-state index in [-0.39, 0.29) is 5.91 Å². The van der Waals surface area contributed by atoms with Gasteiger partial charge in [0.15, 0.2) is 4.67 Å². The molecule has 4 nitrogen and oxygen atoms in total. The van der Waals surface area contributed by atoms with Crippen LogP contribution in [0.25, 0.3) is 0 Å². The lowest BCUT2D eigenvalue weighted by Gasteiger charge is -2.17. The highest BCUT2D eigenvalue weighted by Crippen LogP contribution is 2.22. The van der Waals surface area contributed by atoms with Gasteiger partial charge in [0.2, 0.25) is 0 Å². The van der Waals surface area contributed by atoms with Crippen LogP contribution in [0.2, 0.25) is 0 Å². The standard InChI is InChI=1S/C13H11BrN2O2S/c1-16(13(17)10-5-6-18-11(10)14)9-4-2-3-8(7-9)12(15)19/h2-7H,1H3,(H2,15,19). The number of hydrogen-bond acceptors (Lipinski definition) is 3. The largest absolute Gasteiger partial charge is 0.457 e. The van der Waals surface area contributed by atoms with E-state index in [2.05, 4.69) is 15.9 Å². The molecule has 2 aromatic rings. The summed E-state index contributed by atoms with van der Waals surface area (Å²) in [4.78, 5) is 14.1. The molecule has 0 atom stereocenters. The van der Waals surface area contributed by atoms with Gasteiger partial charge < -0.3 is 15.1 Å². The minimum Gasteiger partial charge on any atom is -0.457 e. The highest BCUT2D eigenvalue weighted by atomic mass is 79.9. The van der Waals surface area contributed by atoms with Crippen LogP contribution < -0.4 is 10.6 Å². The predicted molar refractivity (Wildman–Crippen MR) is 81.5 cm³/mol. The SMILES string of the molecule is CN(C(=O)c1ccoc1Br)c1cccc(C(N)=S)c1. The number of halogens is 1. The van der Waals surface area contributed by atoms with Crippen LogP contribution in [0.3, 0.4) is 0 Å². The summed E-state index contributed by atoms with van der Waals surface area (Å²) in [7, 11) is 1.68. The van der Waals surface area contributed by atoms with Crippen LogP contribution in [0.1, 0.15) is 15.9 Å². The van der Waals surface area contributed by atoms with E-state index in [1.165, 1.54) is 11.2 Å². The monoisotopic (exact) mass is 338 g/mol. The summed E-state index contributed by atoms with van der Waals surface area (Å²) in [6.45, 7) is 0. The fraction of sp³-hybridized carbons (Fsp3) is 0.0769. The lowest BCUT2D eigenvalue weighted by molar-refractivity contribution is 0.0991. The number of benzene rings is 1. The highest BCUT2D eigenvalue weighted by molar-refractivity contribution is 9.10. The van der Waals surface area contributed by atoms with Gasteiger partial charge in [0, 0.05) is 18.3 Å². The number of rotatable bonds is 3. The zero-order valence-electron chi connectivity index (χ0n) is 10.1. The Balaban J connectivity index is 2.32. The van der Waals surface area contributed by atoms with E-state index in [1.807, 2.05) is 6.07 Å². The van der Waals surface area contributed by atoms with E-state index in [0.717, 1.165) is 5.56 Å². The molecule has 0 fully saturated rings. The summed E-state index contributed by atoms with van der Waals surface area (Å²) >= 11 is 8.12. The van der Waals surface area contributed by atoms with Gasteiger partial charge in [0.05, 0.1) is 11.8 Å². The molecule has 6 heteroatoms. The van der Waals surface area contributed by atoms with Crippen molar-refractivity contribution in [1.82, 2.24) is 0 Å². The van der Waals surface area contributed by atoms with Gasteiger partial charge in [-0.3, -0.25) is 4.79 Å². The summed E-state index contributed by atoms with van der Waals surface area (Å²) in [6.07, 6.45) is 1.45. The molecule has 1 amide bonds. The molecule has 0 saturated heterocycles. The molecule has 0 aliphatic carbocycles. The maximum absolute atomic E-state index is 12.3. The molecule has 0 spiro atoms. The molecule has 0 aliphatic rings. The molecule has 0 aliphatic heterocycles. The Labute approximate surface area is 124 Å². The first kappa shape index (κ1) is 13.8. The molecule has 1 aromatic carbocycles. The topological polar surface area (TPSA) is 59.5 Å². The van der Waals surface area contributed by atoms with Crippen molar-refractivity contribution in [2.75, 3.05) is 11.9 Å². The van der Waals surface area contributed by atoms with Crippen molar-refractivity contribution in [2.45, 2.75) is 0 Å². The first-order chi connectivity index (χ1) is 9.00. The molecule has 19 heavy (non-hydrogen) atoms. The van der Waals surface area contributed by atoms with Crippen molar-refractivity contribution in [1.29, 1.82) is 0 Å². The van der Waals surface area contributed by atoms with Crippen LogP contribution in [0.5, 0.6) is 0 Å². The molecule has 0 bridgehead atoms. The van der Waals surface area contributed by atoms with Crippen LogP contribution in [-0.4, -0.2) is 17.9 Å². The number of hydrogen-bond donors (Lipinski definition) is 1. The van der Waals surface area contributed by atoms with E-state index in [1.54, 1.807) is 31.3 Å². The summed E-state index contributed by atoms with van der Waals surface area (Å²) in [6, 6.07) is 8.80. The number of carbonyl (C=O) groups excluding carboxylic acids is 1. The fourth-order valence-corrected chi connectivity index (χ4v) is 2.15. The fourth-order valence-electron chi connectivity index (χ4n) is 1.61. The number of nitrogens with two attached hydrogens (primary N) is 1. The first-order valence-corrected chi connectivity index (χ1v) is 6.61. The first-order valence-electron chi connectivity index (χ1n) is 5.41. The Morgan fingerprint density at radius 3 is 2.74 bits per heavy atom. The average molecular weight is 339 g/mol. The van der Waals surface area contributed by atoms with E-state index in [0.29, 0.717) is 20.9 Å². The van der Waals surface area contributed by atoms with E-state index in [4.69, 9.17) is 22.4 Å². The average Bonchev–Trinajstić information content (AvgIpc) is 2.83. The molecule has 0 unspecified atom stereocenters. The van der Waals surface area contributed by atoms with Gasteiger partial charge in [-0.1, -0.05) is 24.4 Å². The van der Waals surface area contributed by atoms with Gasteiger partial charge in [-0.05, 0) is 34.1 Å². The van der Waals surface area contributed by atoms with Crippen molar-refractivity contribution < 1.29 is 9.21 Å². The summed E-state index contributed by atoms with van der Waals surface area (Å²) < 4.78 is 5.47. The van der Waals surface area contributed by atoms with Gasteiger partial charge in [-0.25, -0.2) is 0 Å². The molecule has 2 N–H and O–H groups in total. The number of thiocarbonyl (C=S) groups is 1. The van der Waals surface area contributed by atoms with Gasteiger partial charge in [0.25, 0.3) is 5.91 Å². The third kappa shape index (κ3) is 2.85. The second-order valence-corrected chi connectivity index (χ2v) is 5.05. The Kier molecular flexibility index (Phi) is 4.01. The van der Waals surface area contributed by atoms with Crippen LogP contribution in [-0.2, 0) is 0 Å². The van der Waals surface area contributed by atoms with Gasteiger partial charge >= 0.3 is 0 Å². The van der Waals surface area contributed by atoms with Crippen LogP contribution >= 0.6 is 28.1 Å². The highest BCUT2D eigenvalue weighted by Gasteiger charge is 2.18. The molecule has 0 saturated carbocycles. The van der Waals surface area contributed by atoms with Crippen molar-refractivity contribution in [2.24, 2.45) is 5.73 Å². The normalized spacial score (nSPS) is 10.2. The van der Waals surface area contributed by atoms with Crippen LogP contribution in [0, 0.1) is 0 Å². The Hall–Kier alpha value is -1.66. The molecule has 1 heterocycles. The zero-order chi connectivity index (χ0) is 14.0. The van der Waals surface area contributed by atoms with Crippen LogP contribution in [0.15, 0.2) is 45.7 Å². The Bertz CT molecular complexity index is 639. The molecular weight excluding hydrogens is 328 g/mol. The molecule has 98 valence electrons. The number of carbonyl (C=O) groups is 1. The van der Waals surface area contributed by atoms with Gasteiger partial charge in [-0.2, -0.15) is 0 Å². The van der Waals surface area contributed by atoms with E-state index >= 15 is 0 Å². The molecular formula is C13H11BrN2O2S. The Morgan fingerprint density at radius 2 is 2.16 bits per heavy atom. The number of anilines is 1. The van der Waals surface area contributed by atoms with Crippen molar-refractivity contribution >= 4 is 44.7 Å². The second kappa shape index (κ2) is 5.54. The molecule has 0 radical (unpaired) electrons. The summed E-state index contributed by atoms with van der Waals surface area (Å²) in [5.41, 5.74) is 7.48.